The fraction of sp³-hybridized carbons (Fsp3) is 0.467. The summed E-state index contributed by atoms with van der Waals surface area (Å²) in [6, 6.07) is 4.54. The Morgan fingerprint density at radius 1 is 1.47 bits per heavy atom. The molecule has 0 amide bonds. The Hall–Kier alpha value is -1.84. The average Bonchev–Trinajstić information content (AvgIpc) is 2.79. The Morgan fingerprint density at radius 2 is 2.37 bits per heavy atom. The Labute approximate surface area is 113 Å². The summed E-state index contributed by atoms with van der Waals surface area (Å²) in [5.74, 6) is 0. The van der Waals surface area contributed by atoms with Gasteiger partial charge in [-0.05, 0) is 37.3 Å². The summed E-state index contributed by atoms with van der Waals surface area (Å²) in [6.07, 6.45) is 8.42. The normalized spacial score (nSPS) is 18.1. The average molecular weight is 256 g/mol. The molecule has 2 heterocycles. The minimum atomic E-state index is 0.319. The van der Waals surface area contributed by atoms with Crippen LogP contribution in [0.1, 0.15) is 42.8 Å². The first-order chi connectivity index (χ1) is 9.28. The minimum absolute atomic E-state index is 0.319. The zero-order valence-electron chi connectivity index (χ0n) is 11.6. The fourth-order valence-electron chi connectivity index (χ4n) is 2.85. The van der Waals surface area contributed by atoms with E-state index in [0.29, 0.717) is 6.04 Å². The molecule has 0 spiro atoms. The minimum Gasteiger partial charge on any atom is -0.374 e. The number of hydrogen-bond donors (Lipinski definition) is 1. The van der Waals surface area contributed by atoms with Crippen LogP contribution in [0.5, 0.6) is 0 Å². The van der Waals surface area contributed by atoms with Gasteiger partial charge in [0.15, 0.2) is 0 Å². The van der Waals surface area contributed by atoms with Crippen LogP contribution < -0.4 is 5.32 Å². The highest BCUT2D eigenvalue weighted by molar-refractivity contribution is 5.49. The molecule has 1 aliphatic carbocycles. The van der Waals surface area contributed by atoms with Gasteiger partial charge in [0.2, 0.25) is 0 Å². The van der Waals surface area contributed by atoms with Crippen molar-refractivity contribution in [1.29, 1.82) is 0 Å². The Kier molecular flexibility index (Phi) is 3.23. The number of pyridine rings is 1. The highest BCUT2D eigenvalue weighted by atomic mass is 15.3. The molecule has 4 nitrogen and oxygen atoms in total. The predicted molar refractivity (Wildman–Crippen MR) is 76.1 cm³/mol. The first kappa shape index (κ1) is 12.2. The van der Waals surface area contributed by atoms with Crippen LogP contribution >= 0.6 is 0 Å². The van der Waals surface area contributed by atoms with Crippen LogP contribution in [0, 0.1) is 0 Å². The maximum Gasteiger partial charge on any atom is 0.0853 e. The van der Waals surface area contributed by atoms with Gasteiger partial charge >= 0.3 is 0 Å². The molecule has 0 aliphatic heterocycles. The molecule has 1 N–H and O–H groups in total. The molecule has 19 heavy (non-hydrogen) atoms. The van der Waals surface area contributed by atoms with Gasteiger partial charge in [0.05, 0.1) is 23.1 Å². The third-order valence-electron chi connectivity index (χ3n) is 3.76. The number of nitrogens with zero attached hydrogens (tertiary/aromatic N) is 3. The molecule has 1 atom stereocenters. The van der Waals surface area contributed by atoms with Crippen LogP contribution in [0.3, 0.4) is 0 Å². The first-order valence-electron chi connectivity index (χ1n) is 7.00. The Balaban J connectivity index is 1.88. The maximum absolute atomic E-state index is 4.57. The molecule has 0 saturated carbocycles. The number of rotatable bonds is 3. The summed E-state index contributed by atoms with van der Waals surface area (Å²) >= 11 is 0. The summed E-state index contributed by atoms with van der Waals surface area (Å²) in [4.78, 5) is 4.57. The number of nitrogens with one attached hydrogen (secondary N) is 1. The van der Waals surface area contributed by atoms with E-state index in [1.165, 1.54) is 17.7 Å². The zero-order chi connectivity index (χ0) is 13.2. The van der Waals surface area contributed by atoms with Gasteiger partial charge in [-0.3, -0.25) is 9.67 Å². The van der Waals surface area contributed by atoms with Crippen LogP contribution in [0.25, 0.3) is 0 Å². The lowest BCUT2D eigenvalue weighted by Gasteiger charge is -2.25. The van der Waals surface area contributed by atoms with Crippen molar-refractivity contribution in [2.75, 3.05) is 5.32 Å². The summed E-state index contributed by atoms with van der Waals surface area (Å²) in [5.41, 5.74) is 4.87. The lowest BCUT2D eigenvalue weighted by atomic mass is 9.92. The van der Waals surface area contributed by atoms with Gasteiger partial charge in [-0.1, -0.05) is 13.0 Å². The van der Waals surface area contributed by atoms with Crippen molar-refractivity contribution in [3.8, 4) is 0 Å². The van der Waals surface area contributed by atoms with Crippen molar-refractivity contribution in [2.24, 2.45) is 7.05 Å². The molecule has 1 aliphatic rings. The van der Waals surface area contributed by atoms with Gasteiger partial charge < -0.3 is 5.32 Å². The van der Waals surface area contributed by atoms with E-state index in [9.17, 15) is 0 Å². The van der Waals surface area contributed by atoms with Gasteiger partial charge in [0.25, 0.3) is 0 Å². The highest BCUT2D eigenvalue weighted by Gasteiger charge is 2.22. The Bertz CT molecular complexity index is 573. The first-order valence-corrected chi connectivity index (χ1v) is 7.00. The smallest absolute Gasteiger partial charge is 0.0853 e. The summed E-state index contributed by atoms with van der Waals surface area (Å²) in [7, 11) is 1.97. The molecule has 2 aromatic heterocycles. The monoisotopic (exact) mass is 256 g/mol. The quantitative estimate of drug-likeness (QED) is 0.918. The third-order valence-corrected chi connectivity index (χ3v) is 3.76. The number of hydrogen-bond acceptors (Lipinski definition) is 3. The molecule has 0 aromatic carbocycles. The molecule has 0 saturated heterocycles. The maximum atomic E-state index is 4.57. The van der Waals surface area contributed by atoms with Crippen molar-refractivity contribution in [3.63, 3.8) is 0 Å². The van der Waals surface area contributed by atoms with Crippen LogP contribution in [0.2, 0.25) is 0 Å². The molecule has 0 bridgehead atoms. The highest BCUT2D eigenvalue weighted by Crippen LogP contribution is 2.31. The fourth-order valence-corrected chi connectivity index (χ4v) is 2.85. The van der Waals surface area contributed by atoms with Crippen molar-refractivity contribution in [1.82, 2.24) is 14.8 Å². The molecule has 100 valence electrons. The second-order valence-electron chi connectivity index (χ2n) is 5.15. The van der Waals surface area contributed by atoms with Crippen molar-refractivity contribution >= 4 is 5.69 Å². The van der Waals surface area contributed by atoms with E-state index in [-0.39, 0.29) is 0 Å². The second kappa shape index (κ2) is 5.03. The van der Waals surface area contributed by atoms with Gasteiger partial charge in [0, 0.05) is 19.4 Å². The standard InChI is InChI=1S/C15H20N4/c1-3-12-14(10-19(2)18-12)17-13-8-4-6-11-7-5-9-16-15(11)13/h5,7,9-10,13,17H,3-4,6,8H2,1-2H3. The molecule has 2 aromatic rings. The number of fused-ring (bicyclic) bond motifs is 1. The molecule has 1 unspecified atom stereocenters. The van der Waals surface area contributed by atoms with Crippen LogP contribution in [-0.2, 0) is 19.9 Å². The zero-order valence-corrected chi connectivity index (χ0v) is 11.6. The van der Waals surface area contributed by atoms with E-state index >= 15 is 0 Å². The van der Waals surface area contributed by atoms with Crippen molar-refractivity contribution < 1.29 is 0 Å². The summed E-state index contributed by atoms with van der Waals surface area (Å²) in [6.45, 7) is 2.14. The van der Waals surface area contributed by atoms with Gasteiger partial charge in [-0.25, -0.2) is 0 Å². The van der Waals surface area contributed by atoms with E-state index in [0.717, 1.165) is 30.6 Å². The predicted octanol–water partition coefficient (Wildman–Crippen LogP) is 2.87. The van der Waals surface area contributed by atoms with E-state index in [1.54, 1.807) is 0 Å². The SMILES string of the molecule is CCc1nn(C)cc1NC1CCCc2cccnc21. The molecular formula is C15H20N4. The van der Waals surface area contributed by atoms with Gasteiger partial charge in [-0.15, -0.1) is 0 Å². The molecule has 0 radical (unpaired) electrons. The summed E-state index contributed by atoms with van der Waals surface area (Å²) < 4.78 is 1.88. The Morgan fingerprint density at radius 3 is 3.21 bits per heavy atom. The number of anilines is 1. The van der Waals surface area contributed by atoms with Gasteiger partial charge in [-0.2, -0.15) is 5.10 Å². The lowest BCUT2D eigenvalue weighted by Crippen LogP contribution is -2.19. The number of aromatic nitrogens is 3. The summed E-state index contributed by atoms with van der Waals surface area (Å²) in [5, 5.41) is 8.12. The van der Waals surface area contributed by atoms with E-state index in [4.69, 9.17) is 0 Å². The lowest BCUT2D eigenvalue weighted by molar-refractivity contribution is 0.583. The van der Waals surface area contributed by atoms with Crippen LogP contribution in [0.4, 0.5) is 5.69 Å². The molecule has 3 rings (SSSR count). The van der Waals surface area contributed by atoms with Crippen molar-refractivity contribution in [3.05, 3.63) is 41.5 Å². The van der Waals surface area contributed by atoms with Crippen LogP contribution in [0.15, 0.2) is 24.5 Å². The molecule has 0 fully saturated rings. The van der Waals surface area contributed by atoms with Crippen molar-refractivity contribution in [2.45, 2.75) is 38.6 Å². The molecular weight excluding hydrogens is 236 g/mol. The largest absolute Gasteiger partial charge is 0.374 e. The molecule has 4 heteroatoms. The second-order valence-corrected chi connectivity index (χ2v) is 5.15. The van der Waals surface area contributed by atoms with E-state index in [1.807, 2.05) is 24.0 Å². The van der Waals surface area contributed by atoms with E-state index < -0.39 is 0 Å². The third kappa shape index (κ3) is 2.35. The van der Waals surface area contributed by atoms with Gasteiger partial charge in [0.1, 0.15) is 0 Å². The number of aryl methyl sites for hydroxylation is 3. The topological polar surface area (TPSA) is 42.7 Å². The van der Waals surface area contributed by atoms with Crippen LogP contribution in [-0.4, -0.2) is 14.8 Å². The van der Waals surface area contributed by atoms with E-state index in [2.05, 4.69) is 34.6 Å².